The number of piperidine rings is 1. The quantitative estimate of drug-likeness (QED) is 0.926. The molecule has 4 heteroatoms. The number of nitrogens with zero attached hydrogens (tertiary/aromatic N) is 1. The van der Waals surface area contributed by atoms with Crippen LogP contribution in [0, 0.1) is 13.8 Å². The molecule has 0 bridgehead atoms. The van der Waals surface area contributed by atoms with Crippen molar-refractivity contribution in [2.75, 3.05) is 16.8 Å². The van der Waals surface area contributed by atoms with Crippen LogP contribution in [-0.4, -0.2) is 18.4 Å². The first-order valence-corrected chi connectivity index (χ1v) is 8.33. The average molecular weight is 322 g/mol. The van der Waals surface area contributed by atoms with Crippen LogP contribution in [0.2, 0.25) is 0 Å². The normalized spacial score (nSPS) is 14.6. The van der Waals surface area contributed by atoms with Gasteiger partial charge >= 0.3 is 0 Å². The highest BCUT2D eigenvalue weighted by molar-refractivity contribution is 6.05. The Morgan fingerprint density at radius 3 is 2.50 bits per heavy atom. The van der Waals surface area contributed by atoms with Gasteiger partial charge in [-0.05, 0) is 68.1 Å². The molecule has 2 amide bonds. The number of hydrogen-bond donors (Lipinski definition) is 1. The summed E-state index contributed by atoms with van der Waals surface area (Å²) in [5, 5.41) is 2.96. The summed E-state index contributed by atoms with van der Waals surface area (Å²) in [7, 11) is 0. The smallest absolute Gasteiger partial charge is 0.255 e. The summed E-state index contributed by atoms with van der Waals surface area (Å²) in [6.45, 7) is 4.73. The van der Waals surface area contributed by atoms with Crippen molar-refractivity contribution in [2.24, 2.45) is 0 Å². The third-order valence-corrected chi connectivity index (χ3v) is 4.41. The number of amides is 2. The molecule has 0 atom stereocenters. The van der Waals surface area contributed by atoms with Crippen molar-refractivity contribution >= 4 is 23.2 Å². The van der Waals surface area contributed by atoms with Crippen molar-refractivity contribution in [3.8, 4) is 0 Å². The summed E-state index contributed by atoms with van der Waals surface area (Å²) in [6.07, 6.45) is 2.60. The van der Waals surface area contributed by atoms with Crippen LogP contribution < -0.4 is 10.2 Å². The van der Waals surface area contributed by atoms with E-state index in [-0.39, 0.29) is 11.8 Å². The van der Waals surface area contributed by atoms with Crippen LogP contribution in [-0.2, 0) is 4.79 Å². The van der Waals surface area contributed by atoms with E-state index >= 15 is 0 Å². The van der Waals surface area contributed by atoms with Gasteiger partial charge in [0.25, 0.3) is 5.91 Å². The Labute approximate surface area is 142 Å². The molecule has 0 saturated carbocycles. The molecule has 4 nitrogen and oxygen atoms in total. The zero-order valence-electron chi connectivity index (χ0n) is 14.1. The second kappa shape index (κ2) is 6.87. The van der Waals surface area contributed by atoms with Gasteiger partial charge in [0.15, 0.2) is 0 Å². The maximum absolute atomic E-state index is 12.4. The van der Waals surface area contributed by atoms with Gasteiger partial charge in [-0.25, -0.2) is 0 Å². The molecule has 0 radical (unpaired) electrons. The molecular weight excluding hydrogens is 300 g/mol. The highest BCUT2D eigenvalue weighted by Crippen LogP contribution is 2.22. The van der Waals surface area contributed by atoms with E-state index in [2.05, 4.69) is 5.32 Å². The summed E-state index contributed by atoms with van der Waals surface area (Å²) in [4.78, 5) is 26.2. The Morgan fingerprint density at radius 2 is 1.79 bits per heavy atom. The maximum Gasteiger partial charge on any atom is 0.255 e. The molecule has 1 heterocycles. The van der Waals surface area contributed by atoms with Crippen molar-refractivity contribution < 1.29 is 9.59 Å². The van der Waals surface area contributed by atoms with Gasteiger partial charge in [0, 0.05) is 29.9 Å². The molecular formula is C20H22N2O2. The summed E-state index contributed by atoms with van der Waals surface area (Å²) >= 11 is 0. The molecule has 0 aromatic heterocycles. The highest BCUT2D eigenvalue weighted by Gasteiger charge is 2.19. The first kappa shape index (κ1) is 16.2. The number of aryl methyl sites for hydroxylation is 2. The summed E-state index contributed by atoms with van der Waals surface area (Å²) in [5.41, 5.74) is 4.42. The fraction of sp³-hybridized carbons (Fsp3) is 0.300. The van der Waals surface area contributed by atoms with Crippen LogP contribution in [0.5, 0.6) is 0 Å². The molecule has 1 aliphatic heterocycles. The fourth-order valence-corrected chi connectivity index (χ4v) is 2.94. The molecule has 0 unspecified atom stereocenters. The molecule has 3 rings (SSSR count). The minimum Gasteiger partial charge on any atom is -0.322 e. The first-order chi connectivity index (χ1) is 11.5. The lowest BCUT2D eigenvalue weighted by atomic mass is 10.1. The van der Waals surface area contributed by atoms with Crippen LogP contribution in [0.1, 0.15) is 40.7 Å². The number of anilines is 2. The maximum atomic E-state index is 12.4. The van der Waals surface area contributed by atoms with E-state index < -0.39 is 0 Å². The summed E-state index contributed by atoms with van der Waals surface area (Å²) < 4.78 is 0. The molecule has 1 saturated heterocycles. The van der Waals surface area contributed by atoms with Gasteiger partial charge in [0.05, 0.1) is 0 Å². The Kier molecular flexibility index (Phi) is 4.65. The van der Waals surface area contributed by atoms with Gasteiger partial charge in [0.2, 0.25) is 5.91 Å². The molecule has 24 heavy (non-hydrogen) atoms. The average Bonchev–Trinajstić information content (AvgIpc) is 2.59. The molecule has 1 aliphatic rings. The van der Waals surface area contributed by atoms with E-state index in [1.807, 2.05) is 44.2 Å². The molecule has 1 N–H and O–H groups in total. The lowest BCUT2D eigenvalue weighted by Gasteiger charge is -2.26. The third kappa shape index (κ3) is 3.48. The molecule has 0 spiro atoms. The van der Waals surface area contributed by atoms with E-state index in [9.17, 15) is 9.59 Å². The number of benzene rings is 2. The molecule has 2 aromatic rings. The largest absolute Gasteiger partial charge is 0.322 e. The topological polar surface area (TPSA) is 49.4 Å². The number of carbonyl (C=O) groups is 2. The van der Waals surface area contributed by atoms with Crippen LogP contribution >= 0.6 is 0 Å². The van der Waals surface area contributed by atoms with Gasteiger partial charge in [0.1, 0.15) is 0 Å². The lowest BCUT2D eigenvalue weighted by molar-refractivity contribution is -0.119. The van der Waals surface area contributed by atoms with Crippen molar-refractivity contribution in [1.29, 1.82) is 0 Å². The van der Waals surface area contributed by atoms with Gasteiger partial charge in [-0.3, -0.25) is 9.59 Å². The van der Waals surface area contributed by atoms with Crippen molar-refractivity contribution in [2.45, 2.75) is 33.1 Å². The number of carbonyl (C=O) groups excluding carboxylic acids is 2. The number of rotatable bonds is 3. The van der Waals surface area contributed by atoms with E-state index in [1.54, 1.807) is 17.0 Å². The number of hydrogen-bond acceptors (Lipinski definition) is 2. The standard InChI is InChI=1S/C20H22N2O2/c1-14-6-7-15(2)18(13-14)21-20(24)16-8-10-17(11-9-16)22-12-4-3-5-19(22)23/h6-11,13H,3-5,12H2,1-2H3,(H,21,24). The van der Waals surface area contributed by atoms with Gasteiger partial charge < -0.3 is 10.2 Å². The highest BCUT2D eigenvalue weighted by atomic mass is 16.2. The van der Waals surface area contributed by atoms with Crippen molar-refractivity contribution in [1.82, 2.24) is 0 Å². The molecule has 2 aromatic carbocycles. The Balaban J connectivity index is 1.74. The van der Waals surface area contributed by atoms with Crippen molar-refractivity contribution in [3.05, 3.63) is 59.2 Å². The van der Waals surface area contributed by atoms with Gasteiger partial charge in [-0.2, -0.15) is 0 Å². The van der Waals surface area contributed by atoms with Crippen LogP contribution in [0.3, 0.4) is 0 Å². The van der Waals surface area contributed by atoms with Crippen LogP contribution in [0.25, 0.3) is 0 Å². The summed E-state index contributed by atoms with van der Waals surface area (Å²) in [6, 6.07) is 13.2. The molecule has 1 fully saturated rings. The minimum atomic E-state index is -0.139. The summed E-state index contributed by atoms with van der Waals surface area (Å²) in [5.74, 6) is 0.0223. The van der Waals surface area contributed by atoms with Crippen LogP contribution in [0.15, 0.2) is 42.5 Å². The predicted octanol–water partition coefficient (Wildman–Crippen LogP) is 4.07. The van der Waals surface area contributed by atoms with Crippen molar-refractivity contribution in [3.63, 3.8) is 0 Å². The van der Waals surface area contributed by atoms with Gasteiger partial charge in [-0.1, -0.05) is 12.1 Å². The number of nitrogens with one attached hydrogen (secondary N) is 1. The van der Waals surface area contributed by atoms with E-state index in [0.29, 0.717) is 12.0 Å². The molecule has 0 aliphatic carbocycles. The monoisotopic (exact) mass is 322 g/mol. The zero-order chi connectivity index (χ0) is 17.1. The minimum absolute atomic E-state index is 0.139. The fourth-order valence-electron chi connectivity index (χ4n) is 2.94. The first-order valence-electron chi connectivity index (χ1n) is 8.33. The van der Waals surface area contributed by atoms with Crippen LogP contribution in [0.4, 0.5) is 11.4 Å². The third-order valence-electron chi connectivity index (χ3n) is 4.41. The van der Waals surface area contributed by atoms with Gasteiger partial charge in [-0.15, -0.1) is 0 Å². The second-order valence-corrected chi connectivity index (χ2v) is 6.32. The Hall–Kier alpha value is -2.62. The SMILES string of the molecule is Cc1ccc(C)c(NC(=O)c2ccc(N3CCCCC3=O)cc2)c1. The zero-order valence-corrected chi connectivity index (χ0v) is 14.1. The molecule has 124 valence electrons. The van der Waals surface area contributed by atoms with E-state index in [0.717, 1.165) is 41.9 Å². The second-order valence-electron chi connectivity index (χ2n) is 6.32. The Bertz CT molecular complexity index is 766. The predicted molar refractivity (Wildman–Crippen MR) is 96.5 cm³/mol. The van der Waals surface area contributed by atoms with E-state index in [1.165, 1.54) is 0 Å². The lowest BCUT2D eigenvalue weighted by Crippen LogP contribution is -2.35. The van der Waals surface area contributed by atoms with E-state index in [4.69, 9.17) is 0 Å². The Morgan fingerprint density at radius 1 is 1.04 bits per heavy atom.